The summed E-state index contributed by atoms with van der Waals surface area (Å²) in [5, 5.41) is 0.739. The van der Waals surface area contributed by atoms with E-state index in [2.05, 4.69) is 4.98 Å². The van der Waals surface area contributed by atoms with Gasteiger partial charge in [0.2, 0.25) is 10.3 Å². The number of anilines is 3. The van der Waals surface area contributed by atoms with E-state index in [1.165, 1.54) is 35.6 Å². The third-order valence-electron chi connectivity index (χ3n) is 12.4. The Bertz CT molecular complexity index is 2950. The number of methoxy groups -OCH3 is 2. The van der Waals surface area contributed by atoms with Crippen molar-refractivity contribution in [3.8, 4) is 11.5 Å². The van der Waals surface area contributed by atoms with E-state index < -0.39 is 68.3 Å². The van der Waals surface area contributed by atoms with Gasteiger partial charge in [-0.2, -0.15) is 0 Å². The highest BCUT2D eigenvalue weighted by atomic mass is 32.2. The number of aromatic nitrogens is 2. The first-order chi connectivity index (χ1) is 29.2. The normalized spacial score (nSPS) is 24.3. The lowest BCUT2D eigenvalue weighted by atomic mass is 9.70. The number of H-pyrrole nitrogens is 1. The molecule has 1 aromatic heterocycles. The molecular weight excluding hydrogens is 825 g/mol. The van der Waals surface area contributed by atoms with E-state index in [-0.39, 0.29) is 39.4 Å². The number of nitrogen functional groups attached to an aromatic ring is 1. The number of thioether (sulfide) groups is 2. The van der Waals surface area contributed by atoms with Gasteiger partial charge in [0, 0.05) is 42.8 Å². The minimum Gasteiger partial charge on any atom is -0.465 e. The van der Waals surface area contributed by atoms with Crippen LogP contribution in [0.5, 0.6) is 0 Å². The van der Waals surface area contributed by atoms with E-state index in [1.54, 1.807) is 49.6 Å². The van der Waals surface area contributed by atoms with E-state index in [1.807, 2.05) is 48.7 Å². The third kappa shape index (κ3) is 4.93. The molecule has 2 amide bonds. The van der Waals surface area contributed by atoms with Crippen LogP contribution in [0.15, 0.2) is 82.1 Å². The maximum atomic E-state index is 15.7. The van der Waals surface area contributed by atoms with Crippen LogP contribution in [0.2, 0.25) is 0 Å². The summed E-state index contributed by atoms with van der Waals surface area (Å²) in [5.74, 6) is -3.54. The number of esters is 3. The first kappa shape index (κ1) is 39.9. The molecule has 0 spiro atoms. The average Bonchev–Trinajstić information content (AvgIpc) is 3.90. The molecule has 1 aliphatic carbocycles. The lowest BCUT2D eigenvalue weighted by Crippen LogP contribution is -2.75. The smallest absolute Gasteiger partial charge is 0.342 e. The van der Waals surface area contributed by atoms with E-state index in [0.29, 0.717) is 16.8 Å². The van der Waals surface area contributed by atoms with Crippen molar-refractivity contribution in [2.45, 2.75) is 41.3 Å². The molecule has 2 saturated heterocycles. The molecule has 5 aliphatic rings. The van der Waals surface area contributed by atoms with Crippen molar-refractivity contribution in [2.24, 2.45) is 0 Å². The topological polar surface area (TPSA) is 208 Å². The van der Waals surface area contributed by atoms with Crippen LogP contribution in [-0.2, 0) is 34.0 Å². The number of para-hydroxylation sites is 2. The molecule has 4 aromatic rings. The zero-order valence-corrected chi connectivity index (χ0v) is 35.5. The quantitative estimate of drug-likeness (QED) is 0.0929. The lowest BCUT2D eigenvalue weighted by molar-refractivity contribution is -0.170. The maximum Gasteiger partial charge on any atom is 0.342 e. The molecule has 5 heterocycles. The van der Waals surface area contributed by atoms with Gasteiger partial charge in [-0.05, 0) is 54.8 Å². The predicted molar refractivity (Wildman–Crippen MR) is 229 cm³/mol. The number of carbonyl (C=O) groups is 5. The number of nitrogens with one attached hydrogen (secondary N) is 1. The van der Waals surface area contributed by atoms with Gasteiger partial charge in [-0.25, -0.2) is 14.6 Å². The second kappa shape index (κ2) is 13.8. The van der Waals surface area contributed by atoms with Crippen molar-refractivity contribution in [3.63, 3.8) is 0 Å². The van der Waals surface area contributed by atoms with Crippen molar-refractivity contribution in [3.05, 3.63) is 105 Å². The monoisotopic (exact) mass is 862 g/mol. The Morgan fingerprint density at radius 1 is 0.885 bits per heavy atom. The molecule has 312 valence electrons. The SMILES string of the molecule is COC(=O)c1c2nc3c(C(=O)OC)c(N4c5ccccc5[C@]5(c6c[nH]c7ccccc67)[C@H]4N4C(=O)[C@](C)(SC)N(C)C(=O)[C@@]4(SC)[C@H]5OC(C)=O)ccc3oc-2cc(=O)c1N. The number of nitrogens with zero attached hydrogens (tertiary/aromatic N) is 4. The van der Waals surface area contributed by atoms with E-state index in [4.69, 9.17) is 29.3 Å². The predicted octanol–water partition coefficient (Wildman–Crippen LogP) is 5.08. The molecule has 5 atom stereocenters. The molecule has 0 unspecified atom stereocenters. The minimum atomic E-state index is -1.86. The van der Waals surface area contributed by atoms with Gasteiger partial charge in [0.05, 0.1) is 25.6 Å². The number of likely N-dealkylation sites (N-methyl/N-ethyl adjacent to an activating group) is 1. The van der Waals surface area contributed by atoms with Crippen LogP contribution >= 0.6 is 23.5 Å². The molecule has 18 heteroatoms. The summed E-state index contributed by atoms with van der Waals surface area (Å²) in [4.78, 5) is 94.7. The van der Waals surface area contributed by atoms with Crippen LogP contribution in [0.3, 0.4) is 0 Å². The molecule has 3 aromatic carbocycles. The summed E-state index contributed by atoms with van der Waals surface area (Å²) >= 11 is 2.27. The number of fused-ring (bicyclic) bond motifs is 8. The highest BCUT2D eigenvalue weighted by Crippen LogP contribution is 2.68. The highest BCUT2D eigenvalue weighted by Gasteiger charge is 2.82. The van der Waals surface area contributed by atoms with Crippen molar-refractivity contribution < 1.29 is 42.6 Å². The number of aromatic amines is 1. The summed E-state index contributed by atoms with van der Waals surface area (Å²) in [6.45, 7) is 2.94. The average molecular weight is 863 g/mol. The van der Waals surface area contributed by atoms with E-state index in [9.17, 15) is 19.2 Å². The van der Waals surface area contributed by atoms with Crippen molar-refractivity contribution >= 4 is 92.3 Å². The largest absolute Gasteiger partial charge is 0.465 e. The summed E-state index contributed by atoms with van der Waals surface area (Å²) in [5.41, 5.74) is 5.38. The van der Waals surface area contributed by atoms with E-state index >= 15 is 9.59 Å². The minimum absolute atomic E-state index is 0.0375. The van der Waals surface area contributed by atoms with Crippen LogP contribution in [-0.4, -0.2) is 105 Å². The van der Waals surface area contributed by atoms with Crippen LogP contribution < -0.4 is 16.1 Å². The van der Waals surface area contributed by atoms with Crippen LogP contribution in [0.25, 0.3) is 33.5 Å². The van der Waals surface area contributed by atoms with Gasteiger partial charge >= 0.3 is 17.9 Å². The molecule has 16 nitrogen and oxygen atoms in total. The summed E-state index contributed by atoms with van der Waals surface area (Å²) in [6.07, 6.45) is 2.67. The van der Waals surface area contributed by atoms with Crippen molar-refractivity contribution in [2.75, 3.05) is 44.4 Å². The number of amides is 2. The number of ether oxygens (including phenoxy) is 3. The fourth-order valence-electron chi connectivity index (χ4n) is 9.58. The van der Waals surface area contributed by atoms with Crippen LogP contribution in [0.1, 0.15) is 45.7 Å². The van der Waals surface area contributed by atoms with Gasteiger partial charge in [0.1, 0.15) is 33.9 Å². The van der Waals surface area contributed by atoms with Gasteiger partial charge in [0.15, 0.2) is 22.3 Å². The molecule has 0 radical (unpaired) electrons. The Kier molecular flexibility index (Phi) is 9.00. The molecule has 0 saturated carbocycles. The first-order valence-corrected chi connectivity index (χ1v) is 21.3. The summed E-state index contributed by atoms with van der Waals surface area (Å²) in [6, 6.07) is 19.1. The number of carbonyl (C=O) groups excluding carboxylic acids is 5. The van der Waals surface area contributed by atoms with Gasteiger partial charge in [-0.15, -0.1) is 23.5 Å². The number of hydrogen-bond acceptors (Lipinski definition) is 15. The Hall–Kier alpha value is -6.53. The van der Waals surface area contributed by atoms with Crippen molar-refractivity contribution in [1.82, 2.24) is 19.8 Å². The van der Waals surface area contributed by atoms with Gasteiger partial charge < -0.3 is 39.1 Å². The van der Waals surface area contributed by atoms with E-state index in [0.717, 1.165) is 35.8 Å². The fraction of sp³-hybridized carbons (Fsp3) is 0.279. The number of hydrogen-bond donors (Lipinski definition) is 2. The zero-order valence-electron chi connectivity index (χ0n) is 33.8. The number of nitrogens with two attached hydrogens (primary N) is 1. The Labute approximate surface area is 356 Å². The molecule has 3 N–H and O–H groups in total. The highest BCUT2D eigenvalue weighted by molar-refractivity contribution is 8.01. The van der Waals surface area contributed by atoms with Gasteiger partial charge in [-0.1, -0.05) is 36.4 Å². The zero-order chi connectivity index (χ0) is 43.5. The molecular formula is C43H38N6O10S2. The molecule has 2 fully saturated rings. The molecule has 9 rings (SSSR count). The standard InChI is InChI=1S/C43H38N6O10S2/c1-20(50)58-37-42(23-19-45-24-14-10-8-12-21(23)24)22-13-9-11-15-25(22)48(38(42)49-39(54)41(2,60-6)47(3)40(55)43(37,49)61-7)26-16-17-28-33(30(26)35(52)56-4)46-34-29(59-28)18-27(51)32(44)31(34)36(53)57-5/h8-19,37-38,45H,44H2,1-7H3/t37-,38+,41-,42+,43-/m0/s1. The third-order valence-corrected chi connectivity index (χ3v) is 14.8. The summed E-state index contributed by atoms with van der Waals surface area (Å²) in [7, 11) is 3.88. The maximum absolute atomic E-state index is 15.7. The van der Waals surface area contributed by atoms with Crippen molar-refractivity contribution in [1.29, 1.82) is 0 Å². The van der Waals surface area contributed by atoms with Crippen LogP contribution in [0.4, 0.5) is 17.1 Å². The van der Waals surface area contributed by atoms with Gasteiger partial charge in [0.25, 0.3) is 11.8 Å². The first-order valence-electron chi connectivity index (χ1n) is 18.9. The number of benzene rings is 4. The molecule has 4 aliphatic heterocycles. The van der Waals surface area contributed by atoms with Gasteiger partial charge in [-0.3, -0.25) is 24.1 Å². The number of rotatable bonds is 7. The number of piperazine rings is 1. The molecule has 61 heavy (non-hydrogen) atoms. The Morgan fingerprint density at radius 3 is 2.26 bits per heavy atom. The second-order valence-electron chi connectivity index (χ2n) is 15.0. The fourth-order valence-corrected chi connectivity index (χ4v) is 11.3. The molecule has 0 bridgehead atoms. The Balaban J connectivity index is 1.47. The summed E-state index contributed by atoms with van der Waals surface area (Å²) < 4.78 is 23.1. The second-order valence-corrected chi connectivity index (χ2v) is 17.2. The lowest BCUT2D eigenvalue weighted by Gasteiger charge is -2.54. The van der Waals surface area contributed by atoms with Crippen LogP contribution in [0, 0.1) is 0 Å². The Morgan fingerprint density at radius 2 is 1.57 bits per heavy atom.